The first-order valence-corrected chi connectivity index (χ1v) is 10.1. The van der Waals surface area contributed by atoms with Gasteiger partial charge in [-0.25, -0.2) is 9.18 Å². The Morgan fingerprint density at radius 3 is 1.18 bits per heavy atom. The number of aliphatic hydroxyl groups excluding tert-OH is 1. The van der Waals surface area contributed by atoms with Gasteiger partial charge < -0.3 is 9.84 Å². The first kappa shape index (κ1) is 41.6. The van der Waals surface area contributed by atoms with Gasteiger partial charge in [0.1, 0.15) is 6.61 Å². The van der Waals surface area contributed by atoms with Crippen LogP contribution >= 0.6 is 0 Å². The number of halogens is 23. The number of alkyl halides is 23. The van der Waals surface area contributed by atoms with Crippen LogP contribution in [0, 0.1) is 0 Å². The number of carbonyl (C=O) groups excluding carboxylic acids is 1. The van der Waals surface area contributed by atoms with Gasteiger partial charge in [-0.1, -0.05) is 6.58 Å². The Balaban J connectivity index is 7.13. The van der Waals surface area contributed by atoms with Crippen LogP contribution in [0.3, 0.4) is 0 Å². The fourth-order valence-electron chi connectivity index (χ4n) is 2.76. The molecule has 0 spiro atoms. The quantitative estimate of drug-likeness (QED) is 0.121. The first-order chi connectivity index (χ1) is 18.7. The SMILES string of the molecule is C=C(C)C(=O)OCC(O)CC(F)(F)C(F)(F)C(F)(F)C(F)(F)C(F)(F)C(F)(F)C(F)(F)C(F)(C(F)(F)F)C(F)(F)C(F)(F)F. The first-order valence-electron chi connectivity index (χ1n) is 10.1. The minimum atomic E-state index is -9.67. The van der Waals surface area contributed by atoms with Crippen LogP contribution in [0.4, 0.5) is 101 Å². The summed E-state index contributed by atoms with van der Waals surface area (Å²) in [5, 5.41) is 9.12. The van der Waals surface area contributed by atoms with E-state index in [-0.39, 0.29) is 0 Å². The third-order valence-corrected chi connectivity index (χ3v) is 5.29. The van der Waals surface area contributed by atoms with Crippen molar-refractivity contribution in [3.8, 4) is 0 Å². The largest absolute Gasteiger partial charge is 0.460 e. The molecule has 0 amide bonds. The van der Waals surface area contributed by atoms with Crippen molar-refractivity contribution in [2.24, 2.45) is 0 Å². The zero-order valence-electron chi connectivity index (χ0n) is 20.2. The predicted octanol–water partition coefficient (Wildman–Crippen LogP) is 7.77. The van der Waals surface area contributed by atoms with E-state index in [2.05, 4.69) is 11.3 Å². The van der Waals surface area contributed by atoms with Gasteiger partial charge in [0.2, 0.25) is 0 Å². The summed E-state index contributed by atoms with van der Waals surface area (Å²) in [5.74, 6) is -73.2. The molecule has 2 unspecified atom stereocenters. The van der Waals surface area contributed by atoms with Crippen LogP contribution in [0.5, 0.6) is 0 Å². The van der Waals surface area contributed by atoms with Crippen molar-refractivity contribution in [3.05, 3.63) is 12.2 Å². The van der Waals surface area contributed by atoms with Gasteiger partial charge in [-0.3, -0.25) is 0 Å². The zero-order valence-corrected chi connectivity index (χ0v) is 20.2. The van der Waals surface area contributed by atoms with Crippen molar-refractivity contribution in [3.63, 3.8) is 0 Å². The van der Waals surface area contributed by atoms with Gasteiger partial charge in [0, 0.05) is 12.0 Å². The molecule has 262 valence electrons. The molecule has 0 aliphatic rings. The number of rotatable bonds is 13. The van der Waals surface area contributed by atoms with Gasteiger partial charge in [-0.05, 0) is 6.92 Å². The molecule has 0 aromatic carbocycles. The van der Waals surface area contributed by atoms with Gasteiger partial charge >= 0.3 is 71.4 Å². The topological polar surface area (TPSA) is 46.5 Å². The van der Waals surface area contributed by atoms with E-state index in [1.807, 2.05) is 0 Å². The maximum absolute atomic E-state index is 13.9. The Kier molecular flexibility index (Phi) is 10.5. The normalized spacial score (nSPS) is 17.7. The minimum Gasteiger partial charge on any atom is -0.460 e. The highest BCUT2D eigenvalue weighted by Gasteiger charge is 3.00. The van der Waals surface area contributed by atoms with Crippen LogP contribution in [-0.4, -0.2) is 89.2 Å². The number of esters is 1. The van der Waals surface area contributed by atoms with Crippen molar-refractivity contribution in [2.45, 2.75) is 84.9 Å². The van der Waals surface area contributed by atoms with Crippen LogP contribution < -0.4 is 0 Å². The monoisotopic (exact) mass is 712 g/mol. The molecule has 0 fully saturated rings. The molecular weight excluding hydrogens is 701 g/mol. The third kappa shape index (κ3) is 5.70. The lowest BCUT2D eigenvalue weighted by Gasteiger charge is -2.47. The predicted molar refractivity (Wildman–Crippen MR) is 91.9 cm³/mol. The summed E-state index contributed by atoms with van der Waals surface area (Å²) in [6, 6.07) is 0. The molecule has 0 aromatic heterocycles. The van der Waals surface area contributed by atoms with E-state index in [1.54, 1.807) is 0 Å². The molecule has 0 heterocycles. The van der Waals surface area contributed by atoms with Crippen molar-refractivity contribution in [2.75, 3.05) is 6.61 Å². The number of hydrogen-bond donors (Lipinski definition) is 1. The summed E-state index contributed by atoms with van der Waals surface area (Å²) in [5.41, 5.74) is -10.1. The molecule has 0 rings (SSSR count). The lowest BCUT2D eigenvalue weighted by molar-refractivity contribution is -0.483. The molecule has 2 atom stereocenters. The second-order valence-electron chi connectivity index (χ2n) is 8.62. The second kappa shape index (κ2) is 11.1. The van der Waals surface area contributed by atoms with Gasteiger partial charge in [-0.2, -0.15) is 96.6 Å². The summed E-state index contributed by atoms with van der Waals surface area (Å²) < 4.78 is 312. The molecule has 0 radical (unpaired) electrons. The van der Waals surface area contributed by atoms with E-state index in [0.717, 1.165) is 6.92 Å². The van der Waals surface area contributed by atoms with Gasteiger partial charge in [0.05, 0.1) is 6.10 Å². The standard InChI is InChI=1S/C18H11F23O3/c1-5(2)7(43)44-4-6(42)3-8(19,20)10(22,23)13(28,29)15(32,33)16(34,35)14(30,31)11(24,25)9(21,17(36,37)38)12(26,27)18(39,40)41/h6,42H,1,3-4H2,2H3. The third-order valence-electron chi connectivity index (χ3n) is 5.29. The van der Waals surface area contributed by atoms with Crippen molar-refractivity contribution in [1.82, 2.24) is 0 Å². The lowest BCUT2D eigenvalue weighted by atomic mass is 9.80. The van der Waals surface area contributed by atoms with Crippen LogP contribution in [-0.2, 0) is 9.53 Å². The van der Waals surface area contributed by atoms with Crippen molar-refractivity contribution < 1.29 is 116 Å². The minimum absolute atomic E-state index is 0.628. The molecule has 44 heavy (non-hydrogen) atoms. The van der Waals surface area contributed by atoms with Crippen molar-refractivity contribution >= 4 is 5.97 Å². The Hall–Kier alpha value is -2.44. The smallest absolute Gasteiger partial charge is 0.457 e. The zero-order chi connectivity index (χ0) is 36.4. The molecule has 0 saturated heterocycles. The number of aliphatic hydroxyl groups is 1. The summed E-state index contributed by atoms with van der Waals surface area (Å²) in [6.45, 7) is 1.71. The summed E-state index contributed by atoms with van der Waals surface area (Å²) in [4.78, 5) is 11.0. The number of carbonyl (C=O) groups is 1. The van der Waals surface area contributed by atoms with E-state index in [0.29, 0.717) is 0 Å². The van der Waals surface area contributed by atoms with Crippen LogP contribution in [0.2, 0.25) is 0 Å². The molecule has 0 aliphatic carbocycles. The van der Waals surface area contributed by atoms with Crippen molar-refractivity contribution in [1.29, 1.82) is 0 Å². The Morgan fingerprint density at radius 2 is 0.886 bits per heavy atom. The maximum atomic E-state index is 13.9. The maximum Gasteiger partial charge on any atom is 0.457 e. The molecular formula is C18H11F23O3. The number of hydrogen-bond acceptors (Lipinski definition) is 3. The van der Waals surface area contributed by atoms with Crippen LogP contribution in [0.15, 0.2) is 12.2 Å². The highest BCUT2D eigenvalue weighted by molar-refractivity contribution is 5.86. The number of ether oxygens (including phenoxy) is 1. The summed E-state index contributed by atoms with van der Waals surface area (Å²) >= 11 is 0. The molecule has 0 aromatic rings. The fourth-order valence-corrected chi connectivity index (χ4v) is 2.76. The summed E-state index contributed by atoms with van der Waals surface area (Å²) in [6.07, 6.45) is -24.0. The van der Waals surface area contributed by atoms with Crippen LogP contribution in [0.1, 0.15) is 13.3 Å². The average molecular weight is 712 g/mol. The van der Waals surface area contributed by atoms with Gasteiger partial charge in [-0.15, -0.1) is 0 Å². The molecule has 0 aliphatic heterocycles. The molecule has 26 heteroatoms. The van der Waals surface area contributed by atoms with E-state index >= 15 is 0 Å². The summed E-state index contributed by atoms with van der Waals surface area (Å²) in [7, 11) is 0. The highest BCUT2D eigenvalue weighted by atomic mass is 19.4. The van der Waals surface area contributed by atoms with Gasteiger partial charge in [0.15, 0.2) is 0 Å². The van der Waals surface area contributed by atoms with Crippen LogP contribution in [0.25, 0.3) is 0 Å². The van der Waals surface area contributed by atoms with Gasteiger partial charge in [0.25, 0.3) is 0 Å². The molecule has 0 bridgehead atoms. The van der Waals surface area contributed by atoms with E-state index in [4.69, 9.17) is 5.11 Å². The Labute approximate surface area is 226 Å². The van der Waals surface area contributed by atoms with E-state index < -0.39 is 96.1 Å². The average Bonchev–Trinajstić information content (AvgIpc) is 2.78. The molecule has 3 nitrogen and oxygen atoms in total. The Morgan fingerprint density at radius 1 is 0.568 bits per heavy atom. The van der Waals surface area contributed by atoms with E-state index in [1.165, 1.54) is 0 Å². The fraction of sp³-hybridized carbons (Fsp3) is 0.833. The Bertz CT molecular complexity index is 1070. The second-order valence-corrected chi connectivity index (χ2v) is 8.62. The molecule has 0 saturated carbocycles. The molecule has 1 N–H and O–H groups in total. The van der Waals surface area contributed by atoms with E-state index in [9.17, 15) is 106 Å². The highest BCUT2D eigenvalue weighted by Crippen LogP contribution is 2.68. The lowest BCUT2D eigenvalue weighted by Crippen LogP contribution is -2.80.